The van der Waals surface area contributed by atoms with Crippen molar-refractivity contribution < 1.29 is 38.4 Å². The highest BCUT2D eigenvalue weighted by Gasteiger charge is 2.34. The van der Waals surface area contributed by atoms with Gasteiger partial charge < -0.3 is 28.8 Å². The van der Waals surface area contributed by atoms with Gasteiger partial charge in [0, 0.05) is 11.8 Å². The van der Waals surface area contributed by atoms with Crippen LogP contribution in [0.15, 0.2) is 30.3 Å². The molecule has 0 saturated carbocycles. The van der Waals surface area contributed by atoms with Crippen LogP contribution in [0.3, 0.4) is 0 Å². The Labute approximate surface area is 260 Å². The first kappa shape index (κ1) is 37.2. The maximum atomic E-state index is 12.2. The van der Waals surface area contributed by atoms with Crippen molar-refractivity contribution in [3.63, 3.8) is 0 Å². The molecule has 1 aromatic rings. The van der Waals surface area contributed by atoms with Crippen LogP contribution in [-0.4, -0.2) is 67.9 Å². The van der Waals surface area contributed by atoms with Crippen LogP contribution in [0.25, 0.3) is 0 Å². The molecule has 1 N–H and O–H groups in total. The molecule has 2 heterocycles. The Morgan fingerprint density at radius 2 is 1.23 bits per heavy atom. The quantitative estimate of drug-likeness (QED) is 0.331. The SMILES string of the molecule is CC(C)CC[C@H]1[C@H](C)OC(=O)[C@@H](C)COC[C@@H]1O.CC(C)CC[C@H]1[C@H](C)OC(=O)[C@@H](C)COC[C@@H]1OCc1ccccc1. The van der Waals surface area contributed by atoms with E-state index in [1.807, 2.05) is 39.0 Å². The number of rotatable bonds is 9. The number of ether oxygens (including phenoxy) is 5. The van der Waals surface area contributed by atoms with Crippen LogP contribution in [0.2, 0.25) is 0 Å². The van der Waals surface area contributed by atoms with E-state index in [-0.39, 0.29) is 60.5 Å². The largest absolute Gasteiger partial charge is 0.462 e. The van der Waals surface area contributed by atoms with Crippen molar-refractivity contribution in [1.82, 2.24) is 0 Å². The summed E-state index contributed by atoms with van der Waals surface area (Å²) in [6.45, 7) is 18.2. The van der Waals surface area contributed by atoms with Crippen molar-refractivity contribution in [3.8, 4) is 0 Å². The van der Waals surface area contributed by atoms with Gasteiger partial charge in [0.25, 0.3) is 0 Å². The average Bonchev–Trinajstić information content (AvgIpc) is 3.02. The Balaban J connectivity index is 0.000000317. The summed E-state index contributed by atoms with van der Waals surface area (Å²) in [6, 6.07) is 10.2. The molecule has 2 aliphatic rings. The summed E-state index contributed by atoms with van der Waals surface area (Å²) >= 11 is 0. The topological polar surface area (TPSA) is 101 Å². The third-order valence-electron chi connectivity index (χ3n) is 8.35. The van der Waals surface area contributed by atoms with E-state index < -0.39 is 6.10 Å². The zero-order valence-electron chi connectivity index (χ0n) is 27.8. The molecule has 1 aromatic carbocycles. The van der Waals surface area contributed by atoms with Gasteiger partial charge in [-0.15, -0.1) is 0 Å². The van der Waals surface area contributed by atoms with Gasteiger partial charge >= 0.3 is 11.9 Å². The zero-order valence-corrected chi connectivity index (χ0v) is 27.8. The fraction of sp³-hybridized carbons (Fsp3) is 0.771. The third-order valence-corrected chi connectivity index (χ3v) is 8.35. The molecule has 0 aliphatic carbocycles. The highest BCUT2D eigenvalue weighted by molar-refractivity contribution is 5.72. The summed E-state index contributed by atoms with van der Waals surface area (Å²) in [4.78, 5) is 23.9. The summed E-state index contributed by atoms with van der Waals surface area (Å²) in [6.07, 6.45) is 2.84. The first-order valence-electron chi connectivity index (χ1n) is 16.3. The van der Waals surface area contributed by atoms with Gasteiger partial charge in [-0.05, 0) is 57.9 Å². The van der Waals surface area contributed by atoms with Crippen LogP contribution in [0, 0.1) is 35.5 Å². The molecule has 0 amide bonds. The lowest BCUT2D eigenvalue weighted by Crippen LogP contribution is -2.37. The summed E-state index contributed by atoms with van der Waals surface area (Å²) in [5, 5.41) is 10.1. The van der Waals surface area contributed by atoms with Crippen molar-refractivity contribution in [2.24, 2.45) is 35.5 Å². The van der Waals surface area contributed by atoms with Crippen LogP contribution in [-0.2, 0) is 39.9 Å². The molecule has 2 fully saturated rings. The minimum atomic E-state index is -0.558. The van der Waals surface area contributed by atoms with E-state index in [0.29, 0.717) is 38.3 Å². The predicted molar refractivity (Wildman–Crippen MR) is 167 cm³/mol. The first-order chi connectivity index (χ1) is 20.4. The molecule has 8 heteroatoms. The number of hydrogen-bond donors (Lipinski definition) is 1. The highest BCUT2D eigenvalue weighted by atomic mass is 16.6. The van der Waals surface area contributed by atoms with Crippen LogP contribution >= 0.6 is 0 Å². The molecule has 0 spiro atoms. The molecule has 3 rings (SSSR count). The monoisotopic (exact) mass is 606 g/mol. The number of aliphatic hydroxyl groups is 1. The van der Waals surface area contributed by atoms with Gasteiger partial charge in [0.05, 0.1) is 57.1 Å². The van der Waals surface area contributed by atoms with E-state index in [2.05, 4.69) is 39.8 Å². The Morgan fingerprint density at radius 3 is 1.77 bits per heavy atom. The standard InChI is InChI=1S/C21H32O4.C14H26O4/c1-15(2)10-11-19-17(4)25-21(22)16(3)12-23-14-20(19)24-13-18-8-6-5-7-9-18;1-9(2)5-6-12-11(4)18-14(16)10(3)7-17-8-13(12)15/h5-9,15-17,19-20H,10-14H2,1-4H3;9-13,15H,5-8H2,1-4H3/t16-,17-,19-,20-;10-,11-,12-,13-/m00/s1. The molecular weight excluding hydrogens is 548 g/mol. The van der Waals surface area contributed by atoms with Crippen molar-refractivity contribution in [1.29, 1.82) is 0 Å². The molecule has 43 heavy (non-hydrogen) atoms. The van der Waals surface area contributed by atoms with Crippen LogP contribution in [0.1, 0.15) is 86.6 Å². The molecule has 0 bridgehead atoms. The highest BCUT2D eigenvalue weighted by Crippen LogP contribution is 2.27. The predicted octanol–water partition coefficient (Wildman–Crippen LogP) is 6.22. The van der Waals surface area contributed by atoms with Crippen LogP contribution < -0.4 is 0 Å². The second-order valence-corrected chi connectivity index (χ2v) is 13.3. The molecule has 2 aliphatic heterocycles. The number of carbonyl (C=O) groups is 2. The smallest absolute Gasteiger partial charge is 0.311 e. The summed E-state index contributed by atoms with van der Waals surface area (Å²) in [7, 11) is 0. The van der Waals surface area contributed by atoms with Gasteiger partial charge in [0.15, 0.2) is 0 Å². The molecule has 8 nitrogen and oxygen atoms in total. The lowest BCUT2D eigenvalue weighted by Gasteiger charge is -2.31. The van der Waals surface area contributed by atoms with Gasteiger partial charge in [-0.3, -0.25) is 9.59 Å². The third kappa shape index (κ3) is 13.7. The normalized spacial score (nSPS) is 30.9. The van der Waals surface area contributed by atoms with Gasteiger partial charge in [0.1, 0.15) is 12.2 Å². The van der Waals surface area contributed by atoms with Crippen molar-refractivity contribution in [2.75, 3.05) is 26.4 Å². The fourth-order valence-electron chi connectivity index (χ4n) is 5.35. The number of hydrogen-bond acceptors (Lipinski definition) is 8. The Bertz CT molecular complexity index is 920. The summed E-state index contributed by atoms with van der Waals surface area (Å²) in [5.74, 6) is 0.376. The van der Waals surface area contributed by atoms with Crippen molar-refractivity contribution in [3.05, 3.63) is 35.9 Å². The maximum absolute atomic E-state index is 12.2. The second kappa shape index (κ2) is 19.4. The molecule has 0 unspecified atom stereocenters. The van der Waals surface area contributed by atoms with Gasteiger partial charge in [-0.2, -0.15) is 0 Å². The Morgan fingerprint density at radius 1 is 0.744 bits per heavy atom. The maximum Gasteiger partial charge on any atom is 0.311 e. The van der Waals surface area contributed by atoms with E-state index in [9.17, 15) is 14.7 Å². The molecular formula is C35H58O8. The molecule has 0 aromatic heterocycles. The summed E-state index contributed by atoms with van der Waals surface area (Å²) < 4.78 is 28.5. The van der Waals surface area contributed by atoms with Gasteiger partial charge in [0.2, 0.25) is 0 Å². The van der Waals surface area contributed by atoms with Crippen molar-refractivity contribution >= 4 is 11.9 Å². The van der Waals surface area contributed by atoms with E-state index in [1.165, 1.54) is 0 Å². The van der Waals surface area contributed by atoms with Crippen molar-refractivity contribution in [2.45, 2.75) is 112 Å². The fourth-order valence-corrected chi connectivity index (χ4v) is 5.35. The minimum Gasteiger partial charge on any atom is -0.462 e. The molecule has 2 saturated heterocycles. The lowest BCUT2D eigenvalue weighted by molar-refractivity contribution is -0.158. The van der Waals surface area contributed by atoms with Gasteiger partial charge in [-0.1, -0.05) is 70.9 Å². The van der Waals surface area contributed by atoms with E-state index in [4.69, 9.17) is 23.7 Å². The van der Waals surface area contributed by atoms with Crippen LogP contribution in [0.4, 0.5) is 0 Å². The number of benzene rings is 1. The number of aliphatic hydroxyl groups excluding tert-OH is 1. The molecule has 246 valence electrons. The van der Waals surface area contributed by atoms with E-state index in [0.717, 1.165) is 31.2 Å². The average molecular weight is 607 g/mol. The Kier molecular flexibility index (Phi) is 16.8. The van der Waals surface area contributed by atoms with E-state index in [1.54, 1.807) is 6.92 Å². The zero-order chi connectivity index (χ0) is 31.9. The van der Waals surface area contributed by atoms with Crippen LogP contribution in [0.5, 0.6) is 0 Å². The lowest BCUT2D eigenvalue weighted by atomic mass is 9.89. The Hall–Kier alpha value is -2.00. The van der Waals surface area contributed by atoms with Gasteiger partial charge in [-0.25, -0.2) is 0 Å². The molecule has 8 atom stereocenters. The second-order valence-electron chi connectivity index (χ2n) is 13.3. The minimum absolute atomic E-state index is 0.0401. The number of esters is 2. The number of cyclic esters (lactones) is 2. The number of carbonyl (C=O) groups excluding carboxylic acids is 2. The summed E-state index contributed by atoms with van der Waals surface area (Å²) in [5.41, 5.74) is 1.14. The first-order valence-corrected chi connectivity index (χ1v) is 16.3. The van der Waals surface area contributed by atoms with E-state index >= 15 is 0 Å². The molecule has 0 radical (unpaired) electrons.